The molecule has 1 rings (SSSR count). The Kier molecular flexibility index (Phi) is 7.29. The van der Waals surface area contributed by atoms with Crippen molar-refractivity contribution in [1.29, 1.82) is 0 Å². The molecule has 0 saturated carbocycles. The number of ether oxygens (including phenoxy) is 2. The van der Waals surface area contributed by atoms with Crippen molar-refractivity contribution in [2.24, 2.45) is 0 Å². The zero-order chi connectivity index (χ0) is 15.7. The molecule has 0 unspecified atom stereocenters. The fourth-order valence-corrected chi connectivity index (χ4v) is 1.97. The minimum Gasteiger partial charge on any atom is -0.492 e. The topological polar surface area (TPSA) is 72.8 Å². The Bertz CT molecular complexity index is 482. The van der Waals surface area contributed by atoms with E-state index < -0.39 is 5.97 Å². The molecule has 0 saturated heterocycles. The van der Waals surface area contributed by atoms with Gasteiger partial charge in [0.15, 0.2) is 0 Å². The third-order valence-electron chi connectivity index (χ3n) is 3.02. The maximum Gasteiger partial charge on any atom is 0.339 e. The quantitative estimate of drug-likeness (QED) is 0.559. The zero-order valence-electron chi connectivity index (χ0n) is 12.6. The molecule has 116 valence electrons. The molecule has 1 aromatic rings. The molecule has 0 aliphatic rings. The Morgan fingerprint density at radius 1 is 1.19 bits per heavy atom. The van der Waals surface area contributed by atoms with E-state index >= 15 is 0 Å². The van der Waals surface area contributed by atoms with E-state index in [0.29, 0.717) is 25.4 Å². The number of unbranched alkanes of at least 4 members (excludes halogenated alkanes) is 2. The third kappa shape index (κ3) is 5.85. The second-order valence-electron chi connectivity index (χ2n) is 4.72. The molecule has 0 fully saturated rings. The number of aryl methyl sites for hydroxylation is 1. The number of hydrogen-bond donors (Lipinski definition) is 1. The number of para-hydroxylation sites is 1. The first-order valence-corrected chi connectivity index (χ1v) is 7.17. The summed E-state index contributed by atoms with van der Waals surface area (Å²) in [5.74, 6) is -0.739. The van der Waals surface area contributed by atoms with Crippen LogP contribution in [-0.2, 0) is 9.53 Å². The summed E-state index contributed by atoms with van der Waals surface area (Å²) in [7, 11) is 0. The van der Waals surface area contributed by atoms with E-state index in [1.54, 1.807) is 13.0 Å². The maximum absolute atomic E-state index is 11.1. The second kappa shape index (κ2) is 9.00. The van der Waals surface area contributed by atoms with Crippen molar-refractivity contribution in [3.05, 3.63) is 29.3 Å². The van der Waals surface area contributed by atoms with Crippen LogP contribution in [0.3, 0.4) is 0 Å². The number of carboxylic acid groups (broad SMARTS) is 1. The van der Waals surface area contributed by atoms with Gasteiger partial charge in [0, 0.05) is 6.42 Å². The lowest BCUT2D eigenvalue weighted by Gasteiger charge is -2.11. The Hall–Kier alpha value is -2.04. The number of rotatable bonds is 9. The predicted molar refractivity (Wildman–Crippen MR) is 78.7 cm³/mol. The highest BCUT2D eigenvalue weighted by atomic mass is 16.5. The van der Waals surface area contributed by atoms with Crippen LogP contribution in [-0.4, -0.2) is 30.3 Å². The number of carboxylic acids is 1. The van der Waals surface area contributed by atoms with Gasteiger partial charge in [0.25, 0.3) is 0 Å². The number of carbonyl (C=O) groups is 2. The summed E-state index contributed by atoms with van der Waals surface area (Å²) < 4.78 is 10.4. The molecule has 0 atom stereocenters. The van der Waals surface area contributed by atoms with Crippen LogP contribution < -0.4 is 4.74 Å². The van der Waals surface area contributed by atoms with Crippen molar-refractivity contribution in [2.45, 2.75) is 39.5 Å². The minimum absolute atomic E-state index is 0.175. The zero-order valence-corrected chi connectivity index (χ0v) is 12.6. The molecule has 0 heterocycles. The van der Waals surface area contributed by atoms with Crippen LogP contribution in [0.15, 0.2) is 18.2 Å². The number of carbonyl (C=O) groups excluding carboxylic acids is 1. The van der Waals surface area contributed by atoms with Gasteiger partial charge in [-0.2, -0.15) is 0 Å². The number of aromatic carboxylic acids is 1. The third-order valence-corrected chi connectivity index (χ3v) is 3.02. The van der Waals surface area contributed by atoms with Crippen LogP contribution >= 0.6 is 0 Å². The fraction of sp³-hybridized carbons (Fsp3) is 0.500. The maximum atomic E-state index is 11.1. The number of esters is 1. The molecule has 0 aromatic heterocycles. The van der Waals surface area contributed by atoms with E-state index in [1.165, 1.54) is 6.07 Å². The van der Waals surface area contributed by atoms with Crippen molar-refractivity contribution in [3.8, 4) is 5.75 Å². The Morgan fingerprint density at radius 3 is 2.62 bits per heavy atom. The van der Waals surface area contributed by atoms with Crippen LogP contribution in [0.4, 0.5) is 0 Å². The summed E-state index contributed by atoms with van der Waals surface area (Å²) in [6.07, 6.45) is 2.78. The molecular formula is C16H22O5. The first-order valence-electron chi connectivity index (χ1n) is 7.17. The van der Waals surface area contributed by atoms with Crippen LogP contribution in [0.25, 0.3) is 0 Å². The van der Waals surface area contributed by atoms with Crippen LogP contribution in [0.2, 0.25) is 0 Å². The van der Waals surface area contributed by atoms with Gasteiger partial charge in [0.2, 0.25) is 0 Å². The molecule has 0 radical (unpaired) electrons. The van der Waals surface area contributed by atoms with Gasteiger partial charge in [-0.3, -0.25) is 4.79 Å². The van der Waals surface area contributed by atoms with Gasteiger partial charge < -0.3 is 14.6 Å². The van der Waals surface area contributed by atoms with E-state index in [-0.39, 0.29) is 11.5 Å². The van der Waals surface area contributed by atoms with Gasteiger partial charge in [-0.1, -0.05) is 12.1 Å². The molecule has 21 heavy (non-hydrogen) atoms. The Balaban J connectivity index is 2.33. The molecule has 0 aliphatic heterocycles. The summed E-state index contributed by atoms with van der Waals surface area (Å²) in [6.45, 7) is 4.46. The summed E-state index contributed by atoms with van der Waals surface area (Å²) in [5, 5.41) is 9.11. The first-order chi connectivity index (χ1) is 10.1. The lowest BCUT2D eigenvalue weighted by Crippen LogP contribution is -2.07. The summed E-state index contributed by atoms with van der Waals surface area (Å²) in [4.78, 5) is 22.3. The standard InChI is InChI=1S/C16H22O5/c1-3-20-14(17)10-5-4-6-11-21-15-12(2)8-7-9-13(15)16(18)19/h7-9H,3-6,10-11H2,1-2H3,(H,18,19). The van der Waals surface area contributed by atoms with E-state index in [4.69, 9.17) is 14.6 Å². The molecule has 5 nitrogen and oxygen atoms in total. The van der Waals surface area contributed by atoms with Crippen molar-refractivity contribution in [2.75, 3.05) is 13.2 Å². The molecule has 0 aliphatic carbocycles. The molecule has 0 bridgehead atoms. The molecule has 1 aromatic carbocycles. The number of hydrogen-bond acceptors (Lipinski definition) is 4. The van der Waals surface area contributed by atoms with Crippen LogP contribution in [0.1, 0.15) is 48.5 Å². The Morgan fingerprint density at radius 2 is 1.95 bits per heavy atom. The van der Waals surface area contributed by atoms with Crippen LogP contribution in [0.5, 0.6) is 5.75 Å². The van der Waals surface area contributed by atoms with Gasteiger partial charge in [-0.25, -0.2) is 4.79 Å². The average Bonchev–Trinajstić information content (AvgIpc) is 2.44. The summed E-state index contributed by atoms with van der Waals surface area (Å²) in [6, 6.07) is 5.05. The normalized spacial score (nSPS) is 10.2. The van der Waals surface area contributed by atoms with Gasteiger partial charge in [-0.05, 0) is 44.7 Å². The molecule has 5 heteroatoms. The minimum atomic E-state index is -0.990. The largest absolute Gasteiger partial charge is 0.492 e. The monoisotopic (exact) mass is 294 g/mol. The molecular weight excluding hydrogens is 272 g/mol. The van der Waals surface area contributed by atoms with E-state index in [2.05, 4.69) is 0 Å². The van der Waals surface area contributed by atoms with Crippen molar-refractivity contribution >= 4 is 11.9 Å². The van der Waals surface area contributed by atoms with E-state index in [0.717, 1.165) is 24.8 Å². The lowest BCUT2D eigenvalue weighted by molar-refractivity contribution is -0.143. The van der Waals surface area contributed by atoms with Gasteiger partial charge in [-0.15, -0.1) is 0 Å². The summed E-state index contributed by atoms with van der Waals surface area (Å²) in [5.41, 5.74) is 0.989. The number of benzene rings is 1. The van der Waals surface area contributed by atoms with Gasteiger partial charge in [0.05, 0.1) is 13.2 Å². The first kappa shape index (κ1) is 17.0. The summed E-state index contributed by atoms with van der Waals surface area (Å²) >= 11 is 0. The highest BCUT2D eigenvalue weighted by Crippen LogP contribution is 2.23. The smallest absolute Gasteiger partial charge is 0.339 e. The molecule has 0 spiro atoms. The van der Waals surface area contributed by atoms with E-state index in [1.807, 2.05) is 13.0 Å². The molecule has 0 amide bonds. The van der Waals surface area contributed by atoms with Gasteiger partial charge >= 0.3 is 11.9 Å². The second-order valence-corrected chi connectivity index (χ2v) is 4.72. The lowest BCUT2D eigenvalue weighted by atomic mass is 10.1. The van der Waals surface area contributed by atoms with Crippen LogP contribution in [0, 0.1) is 6.92 Å². The van der Waals surface area contributed by atoms with Crippen molar-refractivity contribution in [1.82, 2.24) is 0 Å². The highest BCUT2D eigenvalue weighted by Gasteiger charge is 2.13. The van der Waals surface area contributed by atoms with Crippen molar-refractivity contribution in [3.63, 3.8) is 0 Å². The van der Waals surface area contributed by atoms with Crippen molar-refractivity contribution < 1.29 is 24.2 Å². The Labute approximate surface area is 124 Å². The average molecular weight is 294 g/mol. The molecule has 1 N–H and O–H groups in total. The highest BCUT2D eigenvalue weighted by molar-refractivity contribution is 5.91. The van der Waals surface area contributed by atoms with Gasteiger partial charge in [0.1, 0.15) is 11.3 Å². The fourth-order valence-electron chi connectivity index (χ4n) is 1.97. The SMILES string of the molecule is CCOC(=O)CCCCCOc1c(C)cccc1C(=O)O. The van der Waals surface area contributed by atoms with E-state index in [9.17, 15) is 9.59 Å². The predicted octanol–water partition coefficient (Wildman–Crippen LogP) is 3.20.